The van der Waals surface area contributed by atoms with E-state index in [0.29, 0.717) is 0 Å². The van der Waals surface area contributed by atoms with E-state index in [4.69, 9.17) is 9.90 Å². The first-order valence-electron chi connectivity index (χ1n) is 1.11. The summed E-state index contributed by atoms with van der Waals surface area (Å²) in [4.78, 5) is 9.14. The van der Waals surface area contributed by atoms with E-state index in [1.807, 2.05) is 0 Å². The van der Waals surface area contributed by atoms with Gasteiger partial charge in [-0.15, -0.1) is 0 Å². The molecule has 2 nitrogen and oxygen atoms in total. The molecule has 0 aromatic heterocycles. The maximum absolute atomic E-state index is 9.14. The Morgan fingerprint density at radius 3 is 2.00 bits per heavy atom. The first kappa shape index (κ1) is 4.47. The van der Waals surface area contributed by atoms with Gasteiger partial charge in [0.05, 0.1) is 6.42 Å². The zero-order valence-electron chi connectivity index (χ0n) is 2.60. The van der Waals surface area contributed by atoms with Gasteiger partial charge in [0.1, 0.15) is 0 Å². The van der Waals surface area contributed by atoms with Crippen molar-refractivity contribution in [3.8, 4) is 0 Å². The summed E-state index contributed by atoms with van der Waals surface area (Å²) in [6.07, 6.45) is 0.722. The minimum atomic E-state index is -1.23. The summed E-state index contributed by atoms with van der Waals surface area (Å²) < 4.78 is 0. The Morgan fingerprint density at radius 2 is 2.00 bits per heavy atom. The van der Waals surface area contributed by atoms with Gasteiger partial charge < -0.3 is 0 Å². The molecule has 0 unspecified atom stereocenters. The summed E-state index contributed by atoms with van der Waals surface area (Å²) in [6.45, 7) is 2.90. The minimum absolute atomic E-state index is 0.722. The van der Waals surface area contributed by atoms with Crippen LogP contribution in [0, 0.1) is 13.3 Å². The molecule has 0 atom stereocenters. The second kappa shape index (κ2) is 1.76. The van der Waals surface area contributed by atoms with Gasteiger partial charge in [0.2, 0.25) is 0 Å². The monoisotopic (exact) mass is 71.0 g/mol. The molecule has 0 saturated heterocycles. The van der Waals surface area contributed by atoms with Crippen molar-refractivity contribution in [3.05, 3.63) is 13.3 Å². The van der Waals surface area contributed by atoms with Crippen LogP contribution in [0.1, 0.15) is 0 Å². The fraction of sp³-hybridized carbons (Fsp3) is 0. The molecule has 27 valence electrons. The molecule has 0 bridgehead atoms. The number of hydrogen-bond donors (Lipinski definition) is 0. The molecule has 2 heteroatoms. The molecule has 0 aliphatic heterocycles. The van der Waals surface area contributed by atoms with E-state index < -0.39 is 5.97 Å². The fourth-order valence-electron chi connectivity index (χ4n) is 0. The quantitative estimate of drug-likeness (QED) is 0.428. The predicted octanol–water partition coefficient (Wildman–Crippen LogP) is -0.0181. The third kappa shape index (κ3) is 3.47. The molecular formula is C3H3O2. The van der Waals surface area contributed by atoms with E-state index in [1.165, 1.54) is 0 Å². The lowest BCUT2D eigenvalue weighted by molar-refractivity contribution is -0.138. The van der Waals surface area contributed by atoms with Crippen LogP contribution in [0.5, 0.6) is 0 Å². The molecule has 0 heterocycles. The van der Waals surface area contributed by atoms with Crippen LogP contribution in [0.2, 0.25) is 0 Å². The fourth-order valence-corrected chi connectivity index (χ4v) is 0. The first-order chi connectivity index (χ1) is 2.27. The van der Waals surface area contributed by atoms with E-state index in [0.717, 1.165) is 6.42 Å². The molecule has 0 aliphatic carbocycles. The molecule has 0 spiro atoms. The van der Waals surface area contributed by atoms with Crippen molar-refractivity contribution >= 4 is 5.97 Å². The van der Waals surface area contributed by atoms with Crippen LogP contribution in [-0.4, -0.2) is 5.97 Å². The molecule has 0 aromatic rings. The van der Waals surface area contributed by atoms with Crippen molar-refractivity contribution in [2.24, 2.45) is 0 Å². The number of carbonyl (C=O) groups is 1. The lowest BCUT2D eigenvalue weighted by atomic mass is 10.5. The SMILES string of the molecule is [CH2][CH]C([O])=O. The Bertz CT molecular complexity index is 40.2. The molecular weight excluding hydrogens is 68.0 g/mol. The summed E-state index contributed by atoms with van der Waals surface area (Å²) in [5, 5.41) is 9.14. The van der Waals surface area contributed by atoms with Crippen LogP contribution in [0.4, 0.5) is 0 Å². The highest BCUT2D eigenvalue weighted by atomic mass is 16.4. The topological polar surface area (TPSA) is 37.0 Å². The van der Waals surface area contributed by atoms with Crippen LogP contribution >= 0.6 is 0 Å². The smallest absolute Gasteiger partial charge is 0.247 e. The second-order valence-corrected chi connectivity index (χ2v) is 0.523. The van der Waals surface area contributed by atoms with Gasteiger partial charge in [-0.3, -0.25) is 0 Å². The van der Waals surface area contributed by atoms with Gasteiger partial charge in [-0.2, -0.15) is 0 Å². The van der Waals surface area contributed by atoms with Gasteiger partial charge in [0.15, 0.2) is 0 Å². The van der Waals surface area contributed by atoms with Gasteiger partial charge in [-0.05, 0) is 6.92 Å². The van der Waals surface area contributed by atoms with Gasteiger partial charge in [0.25, 0.3) is 0 Å². The molecule has 5 heavy (non-hydrogen) atoms. The van der Waals surface area contributed by atoms with E-state index in [2.05, 4.69) is 6.92 Å². The van der Waals surface area contributed by atoms with Gasteiger partial charge >= 0.3 is 5.97 Å². The standard InChI is InChI=1S/C3H3O2/c1-2-3(4)5/h2H,1H2. The van der Waals surface area contributed by atoms with Gasteiger partial charge in [0, 0.05) is 0 Å². The van der Waals surface area contributed by atoms with Crippen molar-refractivity contribution < 1.29 is 9.90 Å². The summed E-state index contributed by atoms with van der Waals surface area (Å²) >= 11 is 0. The third-order valence-corrected chi connectivity index (χ3v) is 0.167. The Kier molecular flexibility index (Phi) is 1.57. The molecule has 0 rings (SSSR count). The largest absolute Gasteiger partial charge is 0.359 e. The van der Waals surface area contributed by atoms with Crippen LogP contribution in [0.15, 0.2) is 0 Å². The predicted molar refractivity (Wildman–Crippen MR) is 15.4 cm³/mol. The number of hydrogen-bond acceptors (Lipinski definition) is 1. The first-order valence-corrected chi connectivity index (χ1v) is 1.11. The Morgan fingerprint density at radius 1 is 1.80 bits per heavy atom. The average Bonchev–Trinajstić information content (AvgIpc) is 1.38. The van der Waals surface area contributed by atoms with Crippen LogP contribution in [0.3, 0.4) is 0 Å². The maximum Gasteiger partial charge on any atom is 0.359 e. The summed E-state index contributed by atoms with van der Waals surface area (Å²) in [6, 6.07) is 0. The number of rotatable bonds is 1. The lowest BCUT2D eigenvalue weighted by Gasteiger charge is -1.64. The second-order valence-electron chi connectivity index (χ2n) is 0.523. The summed E-state index contributed by atoms with van der Waals surface area (Å²) in [5.41, 5.74) is 0. The summed E-state index contributed by atoms with van der Waals surface area (Å²) in [7, 11) is 0. The summed E-state index contributed by atoms with van der Waals surface area (Å²) in [5.74, 6) is -1.23. The zero-order valence-corrected chi connectivity index (χ0v) is 2.60. The zero-order chi connectivity index (χ0) is 4.28. The van der Waals surface area contributed by atoms with Crippen LogP contribution < -0.4 is 0 Å². The van der Waals surface area contributed by atoms with Crippen molar-refractivity contribution in [1.82, 2.24) is 0 Å². The molecule has 0 fully saturated rings. The van der Waals surface area contributed by atoms with Crippen LogP contribution in [0.25, 0.3) is 0 Å². The van der Waals surface area contributed by atoms with Crippen molar-refractivity contribution in [1.29, 1.82) is 0 Å². The van der Waals surface area contributed by atoms with Crippen molar-refractivity contribution in [3.63, 3.8) is 0 Å². The van der Waals surface area contributed by atoms with Crippen LogP contribution in [-0.2, 0) is 9.90 Å². The van der Waals surface area contributed by atoms with E-state index in [9.17, 15) is 0 Å². The van der Waals surface area contributed by atoms with Gasteiger partial charge in [-0.25, -0.2) is 9.90 Å². The van der Waals surface area contributed by atoms with E-state index in [1.54, 1.807) is 0 Å². The minimum Gasteiger partial charge on any atom is -0.247 e. The average molecular weight is 71.1 g/mol. The Balaban J connectivity index is 2.85. The molecule has 0 aromatic carbocycles. The van der Waals surface area contributed by atoms with Crippen molar-refractivity contribution in [2.75, 3.05) is 0 Å². The highest BCUT2D eigenvalue weighted by Crippen LogP contribution is 1.65. The van der Waals surface area contributed by atoms with E-state index >= 15 is 0 Å². The highest BCUT2D eigenvalue weighted by molar-refractivity contribution is 5.76. The molecule has 3 radical (unpaired) electrons. The van der Waals surface area contributed by atoms with E-state index in [-0.39, 0.29) is 0 Å². The Labute approximate surface area is 30.4 Å². The Hall–Kier alpha value is -0.530. The molecule has 0 saturated carbocycles. The highest BCUT2D eigenvalue weighted by Gasteiger charge is 1.86. The number of carbonyl (C=O) groups excluding carboxylic acids is 1. The third-order valence-electron chi connectivity index (χ3n) is 0.167. The molecule has 0 amide bonds. The lowest BCUT2D eigenvalue weighted by Crippen LogP contribution is -1.85. The van der Waals surface area contributed by atoms with Crippen molar-refractivity contribution in [2.45, 2.75) is 0 Å². The van der Waals surface area contributed by atoms with Gasteiger partial charge in [-0.1, -0.05) is 0 Å². The maximum atomic E-state index is 9.14. The molecule has 0 N–H and O–H groups in total. The normalized spacial score (nSPS) is 7.40. The molecule has 0 aliphatic rings.